The van der Waals surface area contributed by atoms with Crippen LogP contribution in [0.15, 0.2) is 53.7 Å². The van der Waals surface area contributed by atoms with Crippen LogP contribution in [0.5, 0.6) is 5.75 Å². The number of hydrogen-bond acceptors (Lipinski definition) is 5. The first-order valence-corrected chi connectivity index (χ1v) is 10.7. The van der Waals surface area contributed by atoms with E-state index in [1.54, 1.807) is 0 Å². The molecule has 0 aliphatic carbocycles. The monoisotopic (exact) mass is 408 g/mol. The Hall–Kier alpha value is -2.80. The molecule has 1 aliphatic heterocycles. The van der Waals surface area contributed by atoms with Crippen LogP contribution >= 0.6 is 11.8 Å². The number of carbonyl (C=O) groups excluding carboxylic acids is 1. The summed E-state index contributed by atoms with van der Waals surface area (Å²) in [5.74, 6) is 1.96. The van der Waals surface area contributed by atoms with Crippen LogP contribution in [0.4, 0.5) is 5.69 Å². The number of carbonyl (C=O) groups is 1. The zero-order valence-corrected chi connectivity index (χ0v) is 17.5. The van der Waals surface area contributed by atoms with E-state index in [2.05, 4.69) is 16.3 Å². The Bertz CT molecular complexity index is 1000. The Morgan fingerprint density at radius 2 is 1.93 bits per heavy atom. The molecule has 2 heterocycles. The van der Waals surface area contributed by atoms with Gasteiger partial charge >= 0.3 is 0 Å². The van der Waals surface area contributed by atoms with Gasteiger partial charge < -0.3 is 14.2 Å². The Kier molecular flexibility index (Phi) is 5.85. The molecule has 0 N–H and O–H groups in total. The first-order valence-electron chi connectivity index (χ1n) is 9.70. The average Bonchev–Trinajstić information content (AvgIpc) is 3.10. The molecule has 29 heavy (non-hydrogen) atoms. The molecule has 150 valence electrons. The van der Waals surface area contributed by atoms with Crippen LogP contribution in [0.25, 0.3) is 0 Å². The fourth-order valence-corrected chi connectivity index (χ4v) is 4.18. The number of para-hydroxylation sites is 1. The summed E-state index contributed by atoms with van der Waals surface area (Å²) in [6.45, 7) is 3.14. The third-order valence-corrected chi connectivity index (χ3v) is 6.06. The molecule has 1 aliphatic rings. The number of nitrogens with zero attached hydrogens (tertiary/aromatic N) is 4. The number of hydrogen-bond donors (Lipinski definition) is 0. The molecular weight excluding hydrogens is 384 g/mol. The van der Waals surface area contributed by atoms with Crippen LogP contribution in [0, 0.1) is 6.92 Å². The number of ether oxygens (including phenoxy) is 1. The van der Waals surface area contributed by atoms with E-state index in [4.69, 9.17) is 4.74 Å². The Labute approximate surface area is 174 Å². The summed E-state index contributed by atoms with van der Waals surface area (Å²) in [7, 11) is 1.90. The lowest BCUT2D eigenvalue weighted by molar-refractivity contribution is -0.116. The molecule has 0 atom stereocenters. The smallest absolute Gasteiger partial charge is 0.237 e. The number of rotatable bonds is 6. The first kappa shape index (κ1) is 19.5. The van der Waals surface area contributed by atoms with E-state index < -0.39 is 0 Å². The molecule has 0 unspecified atom stereocenters. The second kappa shape index (κ2) is 8.69. The molecule has 0 spiro atoms. The molecule has 0 bridgehead atoms. The maximum atomic E-state index is 12.8. The molecule has 7 heteroatoms. The minimum Gasteiger partial charge on any atom is -0.486 e. The Balaban J connectivity index is 1.36. The highest BCUT2D eigenvalue weighted by molar-refractivity contribution is 7.99. The number of benzene rings is 2. The van der Waals surface area contributed by atoms with Crippen molar-refractivity contribution in [2.24, 2.45) is 7.05 Å². The van der Waals surface area contributed by atoms with Crippen molar-refractivity contribution in [1.82, 2.24) is 14.8 Å². The van der Waals surface area contributed by atoms with Crippen molar-refractivity contribution in [2.45, 2.75) is 31.5 Å². The molecule has 1 amide bonds. The number of aryl methyl sites for hydroxylation is 2. The molecular formula is C22H24N4O2S. The van der Waals surface area contributed by atoms with E-state index in [-0.39, 0.29) is 5.91 Å². The summed E-state index contributed by atoms with van der Waals surface area (Å²) in [6, 6.07) is 16.1. The molecule has 0 saturated carbocycles. The summed E-state index contributed by atoms with van der Waals surface area (Å²) in [6.07, 6.45) is 2.03. The lowest BCUT2D eigenvalue weighted by atomic mass is 10.0. The molecule has 3 aromatic rings. The zero-order valence-electron chi connectivity index (χ0n) is 16.7. The van der Waals surface area contributed by atoms with E-state index in [1.165, 1.54) is 22.9 Å². The van der Waals surface area contributed by atoms with Gasteiger partial charge in [0.25, 0.3) is 0 Å². The van der Waals surface area contributed by atoms with Crippen molar-refractivity contribution in [1.29, 1.82) is 0 Å². The van der Waals surface area contributed by atoms with E-state index in [0.29, 0.717) is 17.5 Å². The van der Waals surface area contributed by atoms with E-state index in [0.717, 1.165) is 36.6 Å². The molecule has 0 saturated heterocycles. The van der Waals surface area contributed by atoms with Crippen LogP contribution in [0.2, 0.25) is 0 Å². The van der Waals surface area contributed by atoms with Gasteiger partial charge in [-0.1, -0.05) is 47.7 Å². The third-order valence-electron chi connectivity index (χ3n) is 5.05. The molecule has 0 fully saturated rings. The van der Waals surface area contributed by atoms with Crippen LogP contribution < -0.4 is 9.64 Å². The fraction of sp³-hybridized carbons (Fsp3) is 0.318. The maximum absolute atomic E-state index is 12.8. The number of aromatic nitrogens is 3. The summed E-state index contributed by atoms with van der Waals surface area (Å²) in [5.41, 5.74) is 3.47. The van der Waals surface area contributed by atoms with E-state index >= 15 is 0 Å². The lowest BCUT2D eigenvalue weighted by Gasteiger charge is -2.29. The maximum Gasteiger partial charge on any atom is 0.237 e. The molecule has 1 aromatic heterocycles. The highest BCUT2D eigenvalue weighted by Crippen LogP contribution is 2.28. The first-order chi connectivity index (χ1) is 14.1. The third kappa shape index (κ3) is 4.45. The SMILES string of the molecule is Cc1ccc(OCc2nnc(SCC(=O)N3CCCc4ccccc43)n2C)cc1. The van der Waals surface area contributed by atoms with Gasteiger partial charge in [-0.25, -0.2) is 0 Å². The van der Waals surface area contributed by atoms with Crippen molar-refractivity contribution in [3.8, 4) is 5.75 Å². The summed E-state index contributed by atoms with van der Waals surface area (Å²) in [4.78, 5) is 14.7. The predicted octanol–water partition coefficient (Wildman–Crippen LogP) is 3.77. The van der Waals surface area contributed by atoms with Gasteiger partial charge in [0.05, 0.1) is 5.75 Å². The molecule has 0 radical (unpaired) electrons. The van der Waals surface area contributed by atoms with Crippen LogP contribution in [-0.4, -0.2) is 33.0 Å². The van der Waals surface area contributed by atoms with Crippen molar-refractivity contribution < 1.29 is 9.53 Å². The predicted molar refractivity (Wildman–Crippen MR) is 114 cm³/mol. The minimum absolute atomic E-state index is 0.0996. The molecule has 2 aromatic carbocycles. The van der Waals surface area contributed by atoms with Gasteiger partial charge in [-0.3, -0.25) is 4.79 Å². The topological polar surface area (TPSA) is 60.3 Å². The summed E-state index contributed by atoms with van der Waals surface area (Å²) < 4.78 is 7.68. The van der Waals surface area contributed by atoms with Gasteiger partial charge in [-0.2, -0.15) is 0 Å². The van der Waals surface area contributed by atoms with Crippen LogP contribution in [0.3, 0.4) is 0 Å². The van der Waals surface area contributed by atoms with Gasteiger partial charge in [0, 0.05) is 19.3 Å². The quantitative estimate of drug-likeness (QED) is 0.581. The second-order valence-electron chi connectivity index (χ2n) is 7.13. The highest BCUT2D eigenvalue weighted by atomic mass is 32.2. The molecule has 6 nitrogen and oxygen atoms in total. The van der Waals surface area contributed by atoms with Gasteiger partial charge in [0.1, 0.15) is 12.4 Å². The normalized spacial score (nSPS) is 13.2. The number of anilines is 1. The summed E-state index contributed by atoms with van der Waals surface area (Å²) >= 11 is 1.41. The van der Waals surface area contributed by atoms with Gasteiger partial charge in [-0.15, -0.1) is 10.2 Å². The minimum atomic E-state index is 0.0996. The van der Waals surface area contributed by atoms with Gasteiger partial charge in [0.15, 0.2) is 11.0 Å². The van der Waals surface area contributed by atoms with Crippen molar-refractivity contribution >= 4 is 23.4 Å². The number of thioether (sulfide) groups is 1. The van der Waals surface area contributed by atoms with Crippen molar-refractivity contribution in [3.63, 3.8) is 0 Å². The van der Waals surface area contributed by atoms with E-state index in [9.17, 15) is 4.79 Å². The zero-order chi connectivity index (χ0) is 20.2. The Morgan fingerprint density at radius 3 is 2.76 bits per heavy atom. The number of amides is 1. The Morgan fingerprint density at radius 1 is 1.14 bits per heavy atom. The van der Waals surface area contributed by atoms with Crippen LogP contribution in [-0.2, 0) is 24.9 Å². The van der Waals surface area contributed by atoms with Crippen molar-refractivity contribution in [2.75, 3.05) is 17.2 Å². The van der Waals surface area contributed by atoms with Gasteiger partial charge in [-0.05, 0) is 43.5 Å². The van der Waals surface area contributed by atoms with Gasteiger partial charge in [0.2, 0.25) is 5.91 Å². The standard InChI is InChI=1S/C22H24N4O2S/c1-16-9-11-18(12-10-16)28-14-20-23-24-22(25(20)2)29-15-21(27)26-13-5-7-17-6-3-4-8-19(17)26/h3-4,6,8-12H,5,7,13-15H2,1-2H3. The second-order valence-corrected chi connectivity index (χ2v) is 8.07. The molecule has 4 rings (SSSR count). The largest absolute Gasteiger partial charge is 0.486 e. The summed E-state index contributed by atoms with van der Waals surface area (Å²) in [5, 5.41) is 9.16. The van der Waals surface area contributed by atoms with E-state index in [1.807, 2.05) is 65.9 Å². The fourth-order valence-electron chi connectivity index (χ4n) is 3.38. The number of fused-ring (bicyclic) bond motifs is 1. The van der Waals surface area contributed by atoms with Crippen molar-refractivity contribution in [3.05, 3.63) is 65.5 Å². The average molecular weight is 409 g/mol. The van der Waals surface area contributed by atoms with Crippen LogP contribution in [0.1, 0.15) is 23.4 Å². The lowest BCUT2D eigenvalue weighted by Crippen LogP contribution is -2.36. The highest BCUT2D eigenvalue weighted by Gasteiger charge is 2.22.